The van der Waals surface area contributed by atoms with Crippen molar-refractivity contribution in [3.63, 3.8) is 0 Å². The Morgan fingerprint density at radius 2 is 2.10 bits per heavy atom. The minimum absolute atomic E-state index is 0.0951. The average molecular weight is 297 g/mol. The van der Waals surface area contributed by atoms with E-state index >= 15 is 0 Å². The van der Waals surface area contributed by atoms with E-state index in [0.29, 0.717) is 17.0 Å². The molecule has 0 saturated heterocycles. The summed E-state index contributed by atoms with van der Waals surface area (Å²) in [5.74, 6) is 0.562. The maximum atomic E-state index is 12.4. The molecule has 0 aliphatic heterocycles. The number of hydrogen-bond acceptors (Lipinski definition) is 5. The van der Waals surface area contributed by atoms with E-state index in [4.69, 9.17) is 4.52 Å². The third-order valence-corrected chi connectivity index (χ3v) is 4.86. The Balaban J connectivity index is 2.36. The third-order valence-electron chi connectivity index (χ3n) is 3.04. The Morgan fingerprint density at radius 3 is 2.65 bits per heavy atom. The van der Waals surface area contributed by atoms with Crippen LogP contribution in [0.1, 0.15) is 17.0 Å². The summed E-state index contributed by atoms with van der Waals surface area (Å²) in [5, 5.41) is 3.78. The van der Waals surface area contributed by atoms with Crippen LogP contribution in [0.5, 0.6) is 0 Å². The van der Waals surface area contributed by atoms with E-state index in [1.807, 2.05) is 0 Å². The molecule has 0 aliphatic rings. The Morgan fingerprint density at radius 1 is 1.40 bits per heavy atom. The zero-order valence-corrected chi connectivity index (χ0v) is 12.2. The van der Waals surface area contributed by atoms with Crippen molar-refractivity contribution in [1.29, 1.82) is 0 Å². The quantitative estimate of drug-likeness (QED) is 0.900. The molecule has 0 aliphatic carbocycles. The number of aromatic amines is 1. The van der Waals surface area contributed by atoms with Gasteiger partial charge >= 0.3 is 0 Å². The van der Waals surface area contributed by atoms with Crippen molar-refractivity contribution in [3.05, 3.63) is 45.7 Å². The summed E-state index contributed by atoms with van der Waals surface area (Å²) in [6, 6.07) is 1.18. The van der Waals surface area contributed by atoms with Gasteiger partial charge < -0.3 is 9.51 Å². The van der Waals surface area contributed by atoms with Gasteiger partial charge in [-0.3, -0.25) is 4.79 Å². The van der Waals surface area contributed by atoms with Crippen LogP contribution in [0.4, 0.5) is 0 Å². The second-order valence-corrected chi connectivity index (χ2v) is 6.45. The molecule has 1 N–H and O–H groups in total. The van der Waals surface area contributed by atoms with Crippen LogP contribution in [0.2, 0.25) is 0 Å². The summed E-state index contributed by atoms with van der Waals surface area (Å²) in [6.45, 7) is 3.55. The molecule has 0 radical (unpaired) electrons. The molecule has 20 heavy (non-hydrogen) atoms. The van der Waals surface area contributed by atoms with E-state index in [-0.39, 0.29) is 11.4 Å². The summed E-state index contributed by atoms with van der Waals surface area (Å²) in [4.78, 5) is 14.0. The smallest absolute Gasteiger partial charge is 0.248 e. The normalized spacial score (nSPS) is 12.0. The second kappa shape index (κ2) is 5.22. The van der Waals surface area contributed by atoms with Crippen molar-refractivity contribution in [2.24, 2.45) is 0 Å². The van der Waals surface area contributed by atoms with Crippen LogP contribution in [0.25, 0.3) is 0 Å². The van der Waals surface area contributed by atoms with E-state index in [2.05, 4.69) is 10.1 Å². The lowest BCUT2D eigenvalue weighted by Crippen LogP contribution is -2.30. The molecule has 0 atom stereocenters. The molecule has 0 unspecified atom stereocenters. The lowest BCUT2D eigenvalue weighted by Gasteiger charge is -2.16. The fraction of sp³-hybridized carbons (Fsp3) is 0.333. The first-order valence-electron chi connectivity index (χ1n) is 5.89. The molecule has 0 spiro atoms. The van der Waals surface area contributed by atoms with Crippen LogP contribution in [-0.4, -0.2) is 29.9 Å². The van der Waals surface area contributed by atoms with E-state index in [0.717, 1.165) is 4.31 Å². The largest absolute Gasteiger partial charge is 0.366 e. The molecule has 2 rings (SSSR count). The number of aryl methyl sites for hydroxylation is 2. The lowest BCUT2D eigenvalue weighted by molar-refractivity contribution is 0.390. The lowest BCUT2D eigenvalue weighted by atomic mass is 10.2. The van der Waals surface area contributed by atoms with Gasteiger partial charge in [-0.1, -0.05) is 5.16 Å². The molecule has 108 valence electrons. The van der Waals surface area contributed by atoms with Crippen LogP contribution in [0, 0.1) is 13.8 Å². The summed E-state index contributed by atoms with van der Waals surface area (Å²) in [5.41, 5.74) is 0.782. The summed E-state index contributed by atoms with van der Waals surface area (Å²) in [6.07, 6.45) is 2.57. The summed E-state index contributed by atoms with van der Waals surface area (Å²) < 4.78 is 30.8. The Hall–Kier alpha value is -1.93. The van der Waals surface area contributed by atoms with E-state index < -0.39 is 15.5 Å². The van der Waals surface area contributed by atoms with Crippen molar-refractivity contribution in [2.75, 3.05) is 7.05 Å². The van der Waals surface area contributed by atoms with Crippen molar-refractivity contribution >= 4 is 10.0 Å². The number of sulfonamides is 1. The highest BCUT2D eigenvalue weighted by molar-refractivity contribution is 7.89. The maximum absolute atomic E-state index is 12.4. The first-order chi connectivity index (χ1) is 9.34. The van der Waals surface area contributed by atoms with Crippen molar-refractivity contribution in [3.8, 4) is 0 Å². The average Bonchev–Trinajstić information content (AvgIpc) is 2.70. The second-order valence-electron chi connectivity index (χ2n) is 4.44. The Labute approximate surface area is 116 Å². The number of hydrogen-bond donors (Lipinski definition) is 1. The first kappa shape index (κ1) is 14.5. The fourth-order valence-electron chi connectivity index (χ4n) is 1.81. The zero-order chi connectivity index (χ0) is 14.9. The Kier molecular flexibility index (Phi) is 3.78. The minimum Gasteiger partial charge on any atom is -0.366 e. The van der Waals surface area contributed by atoms with Gasteiger partial charge in [-0.25, -0.2) is 8.42 Å². The molecule has 8 heteroatoms. The number of pyridine rings is 1. The van der Waals surface area contributed by atoms with E-state index in [9.17, 15) is 13.2 Å². The maximum Gasteiger partial charge on any atom is 0.248 e. The highest BCUT2D eigenvalue weighted by Crippen LogP contribution is 2.18. The van der Waals surface area contributed by atoms with Gasteiger partial charge in [0.2, 0.25) is 15.5 Å². The van der Waals surface area contributed by atoms with Crippen LogP contribution in [0.15, 0.2) is 32.7 Å². The van der Waals surface area contributed by atoms with Crippen molar-refractivity contribution < 1.29 is 12.9 Å². The van der Waals surface area contributed by atoms with Crippen LogP contribution < -0.4 is 5.43 Å². The van der Waals surface area contributed by atoms with Crippen LogP contribution in [-0.2, 0) is 16.6 Å². The van der Waals surface area contributed by atoms with Gasteiger partial charge in [0.05, 0.1) is 5.69 Å². The van der Waals surface area contributed by atoms with E-state index in [1.54, 1.807) is 13.8 Å². The number of rotatable bonds is 4. The van der Waals surface area contributed by atoms with Gasteiger partial charge in [-0.15, -0.1) is 0 Å². The monoisotopic (exact) mass is 297 g/mol. The molecule has 0 amide bonds. The molecule has 0 bridgehead atoms. The molecule has 2 aromatic rings. The number of nitrogens with zero attached hydrogens (tertiary/aromatic N) is 2. The van der Waals surface area contributed by atoms with Gasteiger partial charge in [-0.05, 0) is 13.8 Å². The van der Waals surface area contributed by atoms with Crippen LogP contribution in [0.3, 0.4) is 0 Å². The fourth-order valence-corrected chi connectivity index (χ4v) is 2.98. The number of aromatic nitrogens is 2. The molecular formula is C12H15N3O4S. The van der Waals surface area contributed by atoms with E-state index in [1.165, 1.54) is 25.5 Å². The molecule has 2 heterocycles. The molecule has 7 nitrogen and oxygen atoms in total. The van der Waals surface area contributed by atoms with Crippen LogP contribution >= 0.6 is 0 Å². The zero-order valence-electron chi connectivity index (χ0n) is 11.4. The van der Waals surface area contributed by atoms with Gasteiger partial charge in [0.25, 0.3) is 0 Å². The van der Waals surface area contributed by atoms with Gasteiger partial charge in [0.15, 0.2) is 0 Å². The van der Waals surface area contributed by atoms with Gasteiger partial charge in [0.1, 0.15) is 10.7 Å². The molecular weight excluding hydrogens is 282 g/mol. The molecule has 0 fully saturated rings. The van der Waals surface area contributed by atoms with Gasteiger partial charge in [0, 0.05) is 37.6 Å². The van der Waals surface area contributed by atoms with Crippen molar-refractivity contribution in [2.45, 2.75) is 25.3 Å². The predicted octanol–water partition coefficient (Wildman–Crippen LogP) is 0.800. The highest BCUT2D eigenvalue weighted by atomic mass is 32.2. The molecule has 0 saturated carbocycles. The Bertz CT molecular complexity index is 756. The molecule has 2 aromatic heterocycles. The highest BCUT2D eigenvalue weighted by Gasteiger charge is 2.25. The molecule has 0 aromatic carbocycles. The number of nitrogens with one attached hydrogen (secondary N) is 1. The third kappa shape index (κ3) is 2.52. The van der Waals surface area contributed by atoms with Gasteiger partial charge in [-0.2, -0.15) is 4.31 Å². The standard InChI is InChI=1S/C12H15N3O4S/c1-8-10(9(2)19-14-8)7-15(3)20(17,18)12-6-13-5-4-11(12)16/h4-6H,7H2,1-3H3,(H,13,16). The van der Waals surface area contributed by atoms with Crippen molar-refractivity contribution in [1.82, 2.24) is 14.4 Å². The first-order valence-corrected chi connectivity index (χ1v) is 7.33. The summed E-state index contributed by atoms with van der Waals surface area (Å²) >= 11 is 0. The summed E-state index contributed by atoms with van der Waals surface area (Å²) in [7, 11) is -2.45. The minimum atomic E-state index is -3.86. The number of H-pyrrole nitrogens is 1. The topological polar surface area (TPSA) is 96.3 Å². The predicted molar refractivity (Wildman–Crippen MR) is 71.7 cm³/mol. The SMILES string of the molecule is Cc1noc(C)c1CN(C)S(=O)(=O)c1c[nH]ccc1=O.